The van der Waals surface area contributed by atoms with Crippen LogP contribution in [0.2, 0.25) is 0 Å². The van der Waals surface area contributed by atoms with Crippen molar-refractivity contribution in [1.29, 1.82) is 0 Å². The summed E-state index contributed by atoms with van der Waals surface area (Å²) >= 11 is 7.10. The topological polar surface area (TPSA) is 66.4 Å². The largest absolute Gasteiger partial charge is 0.496 e. The van der Waals surface area contributed by atoms with E-state index in [-0.39, 0.29) is 6.61 Å². The Morgan fingerprint density at radius 3 is 2.42 bits per heavy atom. The first-order chi connectivity index (χ1) is 16.0. The molecule has 0 unspecified atom stereocenters. The molecule has 3 rings (SSSR count). The number of carbonyl (C=O) groups is 1. The Morgan fingerprint density at radius 1 is 1.03 bits per heavy atom. The van der Waals surface area contributed by atoms with E-state index in [2.05, 4.69) is 49.1 Å². The van der Waals surface area contributed by atoms with Crippen molar-refractivity contribution in [2.24, 2.45) is 5.16 Å². The molecule has 0 amide bonds. The fourth-order valence-corrected chi connectivity index (χ4v) is 4.42. The van der Waals surface area contributed by atoms with Gasteiger partial charge in [-0.2, -0.15) is 0 Å². The van der Waals surface area contributed by atoms with Crippen LogP contribution >= 0.6 is 31.9 Å². The second-order valence-electron chi connectivity index (χ2n) is 6.86. The van der Waals surface area contributed by atoms with Crippen LogP contribution in [0.15, 0.2) is 74.8 Å². The fourth-order valence-electron chi connectivity index (χ4n) is 3.03. The van der Waals surface area contributed by atoms with Gasteiger partial charge in [0.15, 0.2) is 5.75 Å². The van der Waals surface area contributed by atoms with E-state index in [4.69, 9.17) is 19.0 Å². The number of esters is 1. The first-order valence-electron chi connectivity index (χ1n) is 10.2. The monoisotopic (exact) mass is 575 g/mol. The molecule has 0 spiro atoms. The zero-order chi connectivity index (χ0) is 23.6. The van der Waals surface area contributed by atoms with Gasteiger partial charge in [-0.1, -0.05) is 35.5 Å². The molecule has 0 radical (unpaired) electrons. The van der Waals surface area contributed by atoms with Gasteiger partial charge < -0.3 is 19.0 Å². The Kier molecular flexibility index (Phi) is 9.33. The smallest absolute Gasteiger partial charge is 0.347 e. The highest BCUT2D eigenvalue weighted by atomic mass is 79.9. The number of oxime groups is 1. The van der Waals surface area contributed by atoms with E-state index in [1.807, 2.05) is 48.5 Å². The number of carbonyl (C=O) groups excluding carboxylic acids is 1. The summed E-state index contributed by atoms with van der Waals surface area (Å²) in [5.74, 6) is 1.64. The molecular weight excluding hydrogens is 554 g/mol. The quantitative estimate of drug-likeness (QED) is 0.156. The van der Waals surface area contributed by atoms with Crippen LogP contribution in [0.25, 0.3) is 0 Å². The van der Waals surface area contributed by atoms with Gasteiger partial charge in [0.05, 0.1) is 28.9 Å². The van der Waals surface area contributed by atoms with E-state index < -0.39 is 5.97 Å². The average Bonchev–Trinajstić information content (AvgIpc) is 2.80. The lowest BCUT2D eigenvalue weighted by molar-refractivity contribution is -0.148. The van der Waals surface area contributed by atoms with Crippen molar-refractivity contribution >= 4 is 44.0 Å². The minimum absolute atomic E-state index is 0.239. The SMILES string of the molecule is CCOC(=O)CON=Cc1cc(Br)c(Oc2ccc(OC)c(Cc3ccccc3)c2)c(Br)c1. The molecule has 8 heteroatoms. The summed E-state index contributed by atoms with van der Waals surface area (Å²) in [7, 11) is 1.66. The minimum Gasteiger partial charge on any atom is -0.496 e. The molecule has 0 fully saturated rings. The molecule has 172 valence electrons. The van der Waals surface area contributed by atoms with Crippen molar-refractivity contribution in [2.45, 2.75) is 13.3 Å². The number of halogens is 2. The van der Waals surface area contributed by atoms with Crippen molar-refractivity contribution in [3.05, 3.63) is 86.3 Å². The van der Waals surface area contributed by atoms with Gasteiger partial charge in [-0.25, -0.2) is 4.79 Å². The van der Waals surface area contributed by atoms with Crippen molar-refractivity contribution in [3.8, 4) is 17.2 Å². The van der Waals surface area contributed by atoms with Gasteiger partial charge >= 0.3 is 5.97 Å². The van der Waals surface area contributed by atoms with Gasteiger partial charge in [0.25, 0.3) is 0 Å². The molecule has 0 heterocycles. The van der Waals surface area contributed by atoms with Gasteiger partial charge in [-0.05, 0) is 80.2 Å². The Balaban J connectivity index is 1.74. The Hall–Kier alpha value is -2.84. The predicted octanol–water partition coefficient (Wildman–Crippen LogP) is 6.52. The molecule has 0 bridgehead atoms. The molecule has 0 atom stereocenters. The molecule has 0 aliphatic heterocycles. The number of ether oxygens (including phenoxy) is 3. The van der Waals surface area contributed by atoms with Crippen molar-refractivity contribution < 1.29 is 23.8 Å². The highest BCUT2D eigenvalue weighted by molar-refractivity contribution is 9.11. The van der Waals surface area contributed by atoms with Crippen molar-refractivity contribution in [3.63, 3.8) is 0 Å². The predicted molar refractivity (Wildman–Crippen MR) is 134 cm³/mol. The third-order valence-electron chi connectivity index (χ3n) is 4.49. The van der Waals surface area contributed by atoms with Crippen LogP contribution in [0.1, 0.15) is 23.6 Å². The standard InChI is InChI=1S/C25H23Br2NO5/c1-3-31-24(29)16-32-28-15-18-12-21(26)25(22(27)13-18)33-20-9-10-23(30-2)19(14-20)11-17-7-5-4-6-8-17/h4-10,12-15H,3,11,16H2,1-2H3. The zero-order valence-electron chi connectivity index (χ0n) is 18.2. The summed E-state index contributed by atoms with van der Waals surface area (Å²) < 4.78 is 17.9. The summed E-state index contributed by atoms with van der Waals surface area (Å²) in [5, 5.41) is 3.81. The number of hydrogen-bond acceptors (Lipinski definition) is 6. The zero-order valence-corrected chi connectivity index (χ0v) is 21.4. The summed E-state index contributed by atoms with van der Waals surface area (Å²) in [4.78, 5) is 16.2. The molecule has 0 aliphatic carbocycles. The normalized spacial score (nSPS) is 10.8. The number of hydrogen-bond donors (Lipinski definition) is 0. The first kappa shape index (κ1) is 24.8. The van der Waals surface area contributed by atoms with Gasteiger partial charge in [0.1, 0.15) is 11.5 Å². The first-order valence-corrected chi connectivity index (χ1v) is 11.8. The Labute approximate surface area is 209 Å². The third-order valence-corrected chi connectivity index (χ3v) is 5.67. The van der Waals surface area contributed by atoms with Crippen LogP contribution < -0.4 is 9.47 Å². The second-order valence-corrected chi connectivity index (χ2v) is 8.57. The third kappa shape index (κ3) is 7.33. The van der Waals surface area contributed by atoms with Crippen LogP contribution in [0, 0.1) is 0 Å². The maximum atomic E-state index is 11.3. The van der Waals surface area contributed by atoms with Crippen molar-refractivity contribution in [2.75, 3.05) is 20.3 Å². The molecule has 0 aliphatic rings. The summed E-state index contributed by atoms with van der Waals surface area (Å²) in [6.07, 6.45) is 2.23. The highest BCUT2D eigenvalue weighted by Crippen LogP contribution is 2.38. The van der Waals surface area contributed by atoms with E-state index in [0.29, 0.717) is 18.1 Å². The van der Waals surface area contributed by atoms with Gasteiger partial charge in [-0.15, -0.1) is 0 Å². The maximum absolute atomic E-state index is 11.3. The minimum atomic E-state index is -0.466. The van der Waals surface area contributed by atoms with Crippen LogP contribution in [-0.2, 0) is 20.8 Å². The second kappa shape index (κ2) is 12.4. The van der Waals surface area contributed by atoms with Gasteiger partial charge in [0.2, 0.25) is 6.61 Å². The molecule has 0 N–H and O–H groups in total. The van der Waals surface area contributed by atoms with E-state index in [9.17, 15) is 4.79 Å². The van der Waals surface area contributed by atoms with E-state index >= 15 is 0 Å². The van der Waals surface area contributed by atoms with Crippen molar-refractivity contribution in [1.82, 2.24) is 0 Å². The van der Waals surface area contributed by atoms with E-state index in [0.717, 1.165) is 32.2 Å². The molecule has 0 aromatic heterocycles. The Bertz CT molecular complexity index is 1100. The molecule has 0 saturated carbocycles. The molecule has 3 aromatic rings. The molecule has 0 saturated heterocycles. The number of rotatable bonds is 10. The van der Waals surface area contributed by atoms with Crippen LogP contribution in [-0.4, -0.2) is 32.5 Å². The maximum Gasteiger partial charge on any atom is 0.347 e. The summed E-state index contributed by atoms with van der Waals surface area (Å²) in [5.41, 5.74) is 2.96. The molecule has 3 aromatic carbocycles. The average molecular weight is 577 g/mol. The van der Waals surface area contributed by atoms with E-state index in [1.165, 1.54) is 11.8 Å². The fraction of sp³-hybridized carbons (Fsp3) is 0.200. The lowest BCUT2D eigenvalue weighted by Gasteiger charge is -2.14. The Morgan fingerprint density at radius 2 is 1.76 bits per heavy atom. The number of methoxy groups -OCH3 is 1. The van der Waals surface area contributed by atoms with Gasteiger partial charge in [-0.3, -0.25) is 0 Å². The lowest BCUT2D eigenvalue weighted by Crippen LogP contribution is -2.10. The van der Waals surface area contributed by atoms with Crippen LogP contribution in [0.5, 0.6) is 17.2 Å². The molecule has 6 nitrogen and oxygen atoms in total. The van der Waals surface area contributed by atoms with Crippen LogP contribution in [0.4, 0.5) is 0 Å². The molecular formula is C25H23Br2NO5. The van der Waals surface area contributed by atoms with Gasteiger partial charge in [0, 0.05) is 12.0 Å². The number of nitrogens with zero attached hydrogens (tertiary/aromatic N) is 1. The summed E-state index contributed by atoms with van der Waals surface area (Å²) in [6.45, 7) is 1.79. The van der Waals surface area contributed by atoms with Crippen LogP contribution in [0.3, 0.4) is 0 Å². The highest BCUT2D eigenvalue weighted by Gasteiger charge is 2.12. The number of benzene rings is 3. The lowest BCUT2D eigenvalue weighted by atomic mass is 10.0. The molecule has 33 heavy (non-hydrogen) atoms. The van der Waals surface area contributed by atoms with E-state index in [1.54, 1.807) is 14.0 Å². The summed E-state index contributed by atoms with van der Waals surface area (Å²) in [6, 6.07) is 19.6.